The number of nitrogens with two attached hydrogens (primary N) is 1. The molecule has 0 heterocycles. The first-order valence-electron chi connectivity index (χ1n) is 6.15. The highest BCUT2D eigenvalue weighted by molar-refractivity contribution is 7.89. The molecule has 18 heavy (non-hydrogen) atoms. The number of hydrogen-bond acceptors (Lipinski definition) is 3. The van der Waals surface area contributed by atoms with E-state index in [1.807, 2.05) is 13.8 Å². The number of ether oxygens (including phenoxy) is 1. The van der Waals surface area contributed by atoms with Gasteiger partial charge in [0, 0.05) is 0 Å². The molecule has 1 saturated carbocycles. The van der Waals surface area contributed by atoms with Crippen LogP contribution in [0.25, 0.3) is 0 Å². The van der Waals surface area contributed by atoms with Gasteiger partial charge in [0.25, 0.3) is 0 Å². The Morgan fingerprint density at radius 1 is 1.28 bits per heavy atom. The van der Waals surface area contributed by atoms with Crippen LogP contribution in [0.15, 0.2) is 17.0 Å². The smallest absolute Gasteiger partial charge is 0.238 e. The summed E-state index contributed by atoms with van der Waals surface area (Å²) in [6.45, 7) is 4.38. The fourth-order valence-corrected chi connectivity index (χ4v) is 2.72. The molecule has 1 fully saturated rings. The van der Waals surface area contributed by atoms with Crippen LogP contribution >= 0.6 is 0 Å². The van der Waals surface area contributed by atoms with Crippen molar-refractivity contribution in [2.75, 3.05) is 6.61 Å². The van der Waals surface area contributed by atoms with Gasteiger partial charge in [-0.25, -0.2) is 13.6 Å². The SMILES string of the molecule is Cc1cc(S(N)(=O)=O)cc(C)c1OCCC1CC1. The molecule has 2 rings (SSSR count). The van der Waals surface area contributed by atoms with Crippen molar-refractivity contribution in [1.82, 2.24) is 0 Å². The van der Waals surface area contributed by atoms with Gasteiger partial charge in [0.05, 0.1) is 11.5 Å². The Labute approximate surface area is 108 Å². The summed E-state index contributed by atoms with van der Waals surface area (Å²) in [7, 11) is -3.64. The molecule has 0 radical (unpaired) electrons. The van der Waals surface area contributed by atoms with Crippen molar-refractivity contribution in [1.29, 1.82) is 0 Å². The second-order valence-corrected chi connectivity index (χ2v) is 6.57. The quantitative estimate of drug-likeness (QED) is 0.890. The first kappa shape index (κ1) is 13.4. The van der Waals surface area contributed by atoms with Crippen molar-refractivity contribution >= 4 is 10.0 Å². The van der Waals surface area contributed by atoms with Crippen LogP contribution < -0.4 is 9.88 Å². The molecule has 5 heteroatoms. The Kier molecular flexibility index (Phi) is 3.64. The molecule has 4 nitrogen and oxygen atoms in total. The Morgan fingerprint density at radius 2 is 1.83 bits per heavy atom. The molecule has 1 aliphatic carbocycles. The molecule has 2 N–H and O–H groups in total. The largest absolute Gasteiger partial charge is 0.493 e. The van der Waals surface area contributed by atoms with Gasteiger partial charge in [0.2, 0.25) is 10.0 Å². The summed E-state index contributed by atoms with van der Waals surface area (Å²) in [5.74, 6) is 1.61. The fraction of sp³-hybridized carbons (Fsp3) is 0.538. The Balaban J connectivity index is 2.15. The first-order chi connectivity index (χ1) is 8.38. The lowest BCUT2D eigenvalue weighted by molar-refractivity contribution is 0.298. The lowest BCUT2D eigenvalue weighted by Gasteiger charge is -2.13. The maximum absolute atomic E-state index is 11.3. The molecule has 0 unspecified atom stereocenters. The topological polar surface area (TPSA) is 69.4 Å². The van der Waals surface area contributed by atoms with E-state index >= 15 is 0 Å². The van der Waals surface area contributed by atoms with Crippen molar-refractivity contribution < 1.29 is 13.2 Å². The monoisotopic (exact) mass is 269 g/mol. The van der Waals surface area contributed by atoms with E-state index in [-0.39, 0.29) is 4.90 Å². The highest BCUT2D eigenvalue weighted by atomic mass is 32.2. The summed E-state index contributed by atoms with van der Waals surface area (Å²) >= 11 is 0. The number of hydrogen-bond donors (Lipinski definition) is 1. The van der Waals surface area contributed by atoms with Crippen molar-refractivity contribution in [2.45, 2.75) is 38.0 Å². The van der Waals surface area contributed by atoms with Crippen LogP contribution in [0.1, 0.15) is 30.4 Å². The maximum atomic E-state index is 11.3. The van der Waals surface area contributed by atoms with Crippen molar-refractivity contribution in [3.8, 4) is 5.75 Å². The summed E-state index contributed by atoms with van der Waals surface area (Å²) in [5, 5.41) is 5.12. The van der Waals surface area contributed by atoms with Gasteiger partial charge in [0.1, 0.15) is 5.75 Å². The van der Waals surface area contributed by atoms with Gasteiger partial charge in [-0.15, -0.1) is 0 Å². The summed E-state index contributed by atoms with van der Waals surface area (Å²) < 4.78 is 28.3. The van der Waals surface area contributed by atoms with Crippen molar-refractivity contribution in [3.05, 3.63) is 23.3 Å². The van der Waals surface area contributed by atoms with Gasteiger partial charge in [-0.1, -0.05) is 12.8 Å². The van der Waals surface area contributed by atoms with Gasteiger partial charge < -0.3 is 4.74 Å². The van der Waals surface area contributed by atoms with Crippen molar-refractivity contribution in [3.63, 3.8) is 0 Å². The van der Waals surface area contributed by atoms with Gasteiger partial charge in [-0.3, -0.25) is 0 Å². The second-order valence-electron chi connectivity index (χ2n) is 5.01. The molecule has 0 atom stereocenters. The molecule has 100 valence electrons. The second kappa shape index (κ2) is 4.90. The summed E-state index contributed by atoms with van der Waals surface area (Å²) in [5.41, 5.74) is 1.63. The maximum Gasteiger partial charge on any atom is 0.238 e. The number of primary sulfonamides is 1. The number of rotatable bonds is 5. The van der Waals surface area contributed by atoms with Gasteiger partial charge in [0.15, 0.2) is 0 Å². The van der Waals surface area contributed by atoms with E-state index in [4.69, 9.17) is 9.88 Å². The lowest BCUT2D eigenvalue weighted by atomic mass is 10.1. The standard InChI is InChI=1S/C13H19NO3S/c1-9-7-12(18(14,15)16)8-10(2)13(9)17-6-5-11-3-4-11/h7-8,11H,3-6H2,1-2H3,(H2,14,15,16). The van der Waals surface area contributed by atoms with E-state index in [1.54, 1.807) is 12.1 Å². The van der Waals surface area contributed by atoms with E-state index in [9.17, 15) is 8.42 Å². The van der Waals surface area contributed by atoms with E-state index < -0.39 is 10.0 Å². The number of aryl methyl sites for hydroxylation is 2. The summed E-state index contributed by atoms with van der Waals surface area (Å²) in [6, 6.07) is 3.13. The zero-order chi connectivity index (χ0) is 13.3. The van der Waals surface area contributed by atoms with Crippen LogP contribution in [0.3, 0.4) is 0 Å². The Hall–Kier alpha value is -1.07. The van der Waals surface area contributed by atoms with E-state index in [2.05, 4.69) is 0 Å². The summed E-state index contributed by atoms with van der Waals surface area (Å²) in [6.07, 6.45) is 3.70. The molecule has 0 aliphatic heterocycles. The minimum absolute atomic E-state index is 0.145. The highest BCUT2D eigenvalue weighted by Crippen LogP contribution is 2.33. The van der Waals surface area contributed by atoms with E-state index in [0.717, 1.165) is 29.2 Å². The summed E-state index contributed by atoms with van der Waals surface area (Å²) in [4.78, 5) is 0.145. The average Bonchev–Trinajstić information content (AvgIpc) is 3.04. The van der Waals surface area contributed by atoms with Crippen LogP contribution in [0.5, 0.6) is 5.75 Å². The molecule has 0 spiro atoms. The van der Waals surface area contributed by atoms with Crippen LogP contribution in [0.4, 0.5) is 0 Å². The van der Waals surface area contributed by atoms with E-state index in [1.165, 1.54) is 12.8 Å². The van der Waals surface area contributed by atoms with Crippen molar-refractivity contribution in [2.24, 2.45) is 11.1 Å². The predicted octanol–water partition coefficient (Wildman–Crippen LogP) is 2.13. The Morgan fingerprint density at radius 3 is 2.28 bits per heavy atom. The van der Waals surface area contributed by atoms with Gasteiger partial charge in [-0.05, 0) is 49.4 Å². The minimum Gasteiger partial charge on any atom is -0.493 e. The third kappa shape index (κ3) is 3.23. The zero-order valence-electron chi connectivity index (χ0n) is 10.8. The average molecular weight is 269 g/mol. The molecule has 0 bridgehead atoms. The fourth-order valence-electron chi connectivity index (χ4n) is 2.04. The normalized spacial score (nSPS) is 15.7. The first-order valence-corrected chi connectivity index (χ1v) is 7.69. The minimum atomic E-state index is -3.64. The Bertz CT molecular complexity index is 524. The van der Waals surface area contributed by atoms with E-state index in [0.29, 0.717) is 6.61 Å². The number of sulfonamides is 1. The highest BCUT2D eigenvalue weighted by Gasteiger charge is 2.21. The van der Waals surface area contributed by atoms with Crippen LogP contribution in [-0.4, -0.2) is 15.0 Å². The lowest BCUT2D eigenvalue weighted by Crippen LogP contribution is -2.13. The molecule has 0 amide bonds. The molecular weight excluding hydrogens is 250 g/mol. The van der Waals surface area contributed by atoms with Gasteiger partial charge in [-0.2, -0.15) is 0 Å². The van der Waals surface area contributed by atoms with Crippen LogP contribution in [0, 0.1) is 19.8 Å². The number of benzene rings is 1. The molecule has 1 aromatic rings. The van der Waals surface area contributed by atoms with Gasteiger partial charge >= 0.3 is 0 Å². The third-order valence-electron chi connectivity index (χ3n) is 3.23. The van der Waals surface area contributed by atoms with Crippen LogP contribution in [-0.2, 0) is 10.0 Å². The van der Waals surface area contributed by atoms with Crippen LogP contribution in [0.2, 0.25) is 0 Å². The zero-order valence-corrected chi connectivity index (χ0v) is 11.6. The molecule has 1 aliphatic rings. The molecular formula is C13H19NO3S. The third-order valence-corrected chi connectivity index (χ3v) is 4.12. The molecule has 1 aromatic carbocycles. The molecule has 0 saturated heterocycles. The predicted molar refractivity (Wildman–Crippen MR) is 70.1 cm³/mol. The molecule has 0 aromatic heterocycles.